The van der Waals surface area contributed by atoms with Gasteiger partial charge < -0.3 is 4.43 Å². The van der Waals surface area contributed by atoms with Crippen LogP contribution in [-0.4, -0.2) is 22.0 Å². The van der Waals surface area contributed by atoms with Gasteiger partial charge in [-0.15, -0.1) is 11.6 Å². The summed E-state index contributed by atoms with van der Waals surface area (Å²) in [5.74, 6) is 0.628. The quantitative estimate of drug-likeness (QED) is 0.449. The first-order valence-corrected chi connectivity index (χ1v) is 4.71. The molecule has 0 aliphatic carbocycles. The average molecular weight is 167 g/mol. The van der Waals surface area contributed by atoms with Crippen LogP contribution in [0.2, 0.25) is 0 Å². The van der Waals surface area contributed by atoms with Crippen LogP contribution in [0.4, 0.5) is 0 Å². The van der Waals surface area contributed by atoms with Crippen LogP contribution in [0.15, 0.2) is 0 Å². The summed E-state index contributed by atoms with van der Waals surface area (Å²) in [6.07, 6.45) is 2.05. The second-order valence-corrected chi connectivity index (χ2v) is 2.90. The number of halogens is 1. The van der Waals surface area contributed by atoms with Gasteiger partial charge in [0, 0.05) is 0 Å². The van der Waals surface area contributed by atoms with Crippen LogP contribution in [0.3, 0.4) is 0 Å². The van der Waals surface area contributed by atoms with Gasteiger partial charge in [-0.05, 0) is 12.8 Å². The van der Waals surface area contributed by atoms with Crippen LogP contribution in [0.5, 0.6) is 0 Å². The molecule has 0 aromatic rings. The minimum atomic E-state index is -0.00617. The summed E-state index contributed by atoms with van der Waals surface area (Å²) in [5, 5.41) is 0. The van der Waals surface area contributed by atoms with Crippen molar-refractivity contribution < 1.29 is 4.43 Å². The number of rotatable bonds is 4. The van der Waals surface area contributed by atoms with Gasteiger partial charge in [0.05, 0.1) is 11.5 Å². The van der Waals surface area contributed by atoms with E-state index in [0.29, 0.717) is 5.88 Å². The lowest BCUT2D eigenvalue weighted by atomic mass is 10.0. The Hall–Kier alpha value is 0.467. The van der Waals surface area contributed by atoms with Crippen molar-refractivity contribution in [1.82, 2.24) is 0 Å². The minimum absolute atomic E-state index is 0.00617. The Morgan fingerprint density at radius 1 is 1.44 bits per heavy atom. The third-order valence-electron chi connectivity index (χ3n) is 1.97. The van der Waals surface area contributed by atoms with E-state index >= 15 is 0 Å². The minimum Gasteiger partial charge on any atom is -0.421 e. The summed E-state index contributed by atoms with van der Waals surface area (Å²) in [6, 6.07) is 0. The molecule has 0 saturated carbocycles. The molecule has 56 valence electrons. The Labute approximate surface area is 65.3 Å². The van der Waals surface area contributed by atoms with E-state index in [1.54, 1.807) is 0 Å². The zero-order chi connectivity index (χ0) is 7.33. The van der Waals surface area contributed by atoms with E-state index in [2.05, 4.69) is 13.8 Å². The predicted octanol–water partition coefficient (Wildman–Crippen LogP) is 1.08. The highest BCUT2D eigenvalue weighted by molar-refractivity contribution is 6.18. The SMILES string of the molecule is CCC(CC)(CCl)O[SiH3]. The molecule has 0 aromatic carbocycles. The van der Waals surface area contributed by atoms with Crippen molar-refractivity contribution in [2.45, 2.75) is 32.3 Å². The van der Waals surface area contributed by atoms with Gasteiger partial charge in [0.1, 0.15) is 10.5 Å². The molecule has 0 aliphatic rings. The zero-order valence-electron chi connectivity index (χ0n) is 6.41. The molecule has 0 spiro atoms. The molecule has 0 saturated heterocycles. The van der Waals surface area contributed by atoms with E-state index < -0.39 is 0 Å². The fourth-order valence-corrected chi connectivity index (χ4v) is 2.17. The normalized spacial score (nSPS) is 12.3. The van der Waals surface area contributed by atoms with Crippen LogP contribution >= 0.6 is 11.6 Å². The van der Waals surface area contributed by atoms with Gasteiger partial charge in [0.15, 0.2) is 0 Å². The van der Waals surface area contributed by atoms with Crippen molar-refractivity contribution in [3.63, 3.8) is 0 Å². The van der Waals surface area contributed by atoms with E-state index in [1.807, 2.05) is 0 Å². The molecule has 0 rings (SSSR count). The van der Waals surface area contributed by atoms with E-state index in [0.717, 1.165) is 23.3 Å². The Balaban J connectivity index is 3.82. The second-order valence-electron chi connectivity index (χ2n) is 2.23. The molecular formula is C6H15ClOSi. The topological polar surface area (TPSA) is 9.23 Å². The Morgan fingerprint density at radius 2 is 1.89 bits per heavy atom. The molecule has 0 heterocycles. The average Bonchev–Trinajstić information content (AvgIpc) is 1.95. The van der Waals surface area contributed by atoms with E-state index in [-0.39, 0.29) is 5.60 Å². The molecule has 0 N–H and O–H groups in total. The monoisotopic (exact) mass is 166 g/mol. The smallest absolute Gasteiger partial charge is 0.146 e. The highest BCUT2D eigenvalue weighted by Gasteiger charge is 2.22. The van der Waals surface area contributed by atoms with Crippen molar-refractivity contribution >= 4 is 22.1 Å². The fourth-order valence-electron chi connectivity index (χ4n) is 0.782. The number of hydrogen-bond donors (Lipinski definition) is 0. The van der Waals surface area contributed by atoms with Gasteiger partial charge in [-0.3, -0.25) is 0 Å². The van der Waals surface area contributed by atoms with Crippen molar-refractivity contribution in [3.8, 4) is 0 Å². The standard InChI is InChI=1S/C6H15ClOSi/c1-3-6(4-2,5-7)8-9/h3-5H2,1-2,9H3. The summed E-state index contributed by atoms with van der Waals surface area (Å²) in [7, 11) is 0.791. The van der Waals surface area contributed by atoms with Crippen LogP contribution in [0.1, 0.15) is 26.7 Å². The first-order chi connectivity index (χ1) is 4.24. The van der Waals surface area contributed by atoms with Crippen molar-refractivity contribution in [3.05, 3.63) is 0 Å². The van der Waals surface area contributed by atoms with Crippen molar-refractivity contribution in [1.29, 1.82) is 0 Å². The van der Waals surface area contributed by atoms with E-state index in [4.69, 9.17) is 16.0 Å². The number of alkyl halides is 1. The molecule has 9 heavy (non-hydrogen) atoms. The van der Waals surface area contributed by atoms with Gasteiger partial charge in [-0.2, -0.15) is 0 Å². The first kappa shape index (κ1) is 9.47. The van der Waals surface area contributed by atoms with Crippen LogP contribution in [0.25, 0.3) is 0 Å². The lowest BCUT2D eigenvalue weighted by molar-refractivity contribution is 0.0962. The molecule has 0 aromatic heterocycles. The van der Waals surface area contributed by atoms with Gasteiger partial charge in [-0.1, -0.05) is 13.8 Å². The predicted molar refractivity (Wildman–Crippen MR) is 45.1 cm³/mol. The maximum Gasteiger partial charge on any atom is 0.146 e. The maximum atomic E-state index is 5.72. The molecular weight excluding hydrogens is 152 g/mol. The number of hydrogen-bond acceptors (Lipinski definition) is 1. The second kappa shape index (κ2) is 4.31. The summed E-state index contributed by atoms with van der Waals surface area (Å²) < 4.78 is 5.39. The Bertz CT molecular complexity index is 55.9. The summed E-state index contributed by atoms with van der Waals surface area (Å²) in [6.45, 7) is 4.23. The lowest BCUT2D eigenvalue weighted by Crippen LogP contribution is -2.32. The summed E-state index contributed by atoms with van der Waals surface area (Å²) in [4.78, 5) is 0. The Kier molecular flexibility index (Phi) is 4.53. The molecule has 0 radical (unpaired) electrons. The zero-order valence-corrected chi connectivity index (χ0v) is 9.16. The Morgan fingerprint density at radius 3 is 1.89 bits per heavy atom. The van der Waals surface area contributed by atoms with Crippen molar-refractivity contribution in [2.75, 3.05) is 5.88 Å². The third kappa shape index (κ3) is 2.28. The highest BCUT2D eigenvalue weighted by Crippen LogP contribution is 2.20. The van der Waals surface area contributed by atoms with E-state index in [1.165, 1.54) is 0 Å². The molecule has 0 atom stereocenters. The molecule has 0 bridgehead atoms. The van der Waals surface area contributed by atoms with Crippen LogP contribution < -0.4 is 0 Å². The van der Waals surface area contributed by atoms with Gasteiger partial charge in [0.2, 0.25) is 0 Å². The van der Waals surface area contributed by atoms with Gasteiger partial charge >= 0.3 is 0 Å². The molecule has 0 aliphatic heterocycles. The van der Waals surface area contributed by atoms with E-state index in [9.17, 15) is 0 Å². The highest BCUT2D eigenvalue weighted by atomic mass is 35.5. The van der Waals surface area contributed by atoms with Gasteiger partial charge in [-0.25, -0.2) is 0 Å². The molecule has 0 unspecified atom stereocenters. The lowest BCUT2D eigenvalue weighted by Gasteiger charge is -2.27. The van der Waals surface area contributed by atoms with Crippen molar-refractivity contribution in [2.24, 2.45) is 0 Å². The van der Waals surface area contributed by atoms with Crippen LogP contribution in [-0.2, 0) is 4.43 Å². The molecule has 0 amide bonds. The molecule has 3 heteroatoms. The maximum absolute atomic E-state index is 5.72. The first-order valence-electron chi connectivity index (χ1n) is 3.35. The van der Waals surface area contributed by atoms with Crippen LogP contribution in [0, 0.1) is 0 Å². The summed E-state index contributed by atoms with van der Waals surface area (Å²) in [5.41, 5.74) is -0.00617. The molecule has 1 nitrogen and oxygen atoms in total. The third-order valence-corrected chi connectivity index (χ3v) is 3.32. The fraction of sp³-hybridized carbons (Fsp3) is 1.00. The molecule has 0 fully saturated rings. The largest absolute Gasteiger partial charge is 0.421 e. The van der Waals surface area contributed by atoms with Gasteiger partial charge in [0.25, 0.3) is 0 Å². The summed E-state index contributed by atoms with van der Waals surface area (Å²) >= 11 is 5.72.